The first-order valence-corrected chi connectivity index (χ1v) is 12.0. The smallest absolute Gasteiger partial charge is 0.228 e. The summed E-state index contributed by atoms with van der Waals surface area (Å²) in [7, 11) is -0.659. The van der Waals surface area contributed by atoms with E-state index in [4.69, 9.17) is 32.7 Å². The van der Waals surface area contributed by atoms with Gasteiger partial charge in [-0.05, 0) is 37.1 Å². The van der Waals surface area contributed by atoms with E-state index < -0.39 is 15.9 Å². The molecular formula is C21H24Cl2N2O5S. The van der Waals surface area contributed by atoms with Gasteiger partial charge in [-0.15, -0.1) is 0 Å². The molecular weight excluding hydrogens is 463 g/mol. The van der Waals surface area contributed by atoms with Crippen molar-refractivity contribution in [2.24, 2.45) is 5.92 Å². The molecule has 2 aromatic rings. The number of sulfonamides is 1. The number of carbonyl (C=O) groups is 1. The SMILES string of the molecule is COc1ccc(NC(=O)C2CCCN(S(=O)(=O)Cc3c(Cl)cccc3Cl)C2)c(OC)c1. The second-order valence-electron chi connectivity index (χ2n) is 7.21. The number of piperidine rings is 1. The van der Waals surface area contributed by atoms with Crippen LogP contribution in [0.4, 0.5) is 5.69 Å². The van der Waals surface area contributed by atoms with Crippen LogP contribution in [0.3, 0.4) is 0 Å². The number of benzene rings is 2. The van der Waals surface area contributed by atoms with Gasteiger partial charge >= 0.3 is 0 Å². The molecule has 1 saturated heterocycles. The van der Waals surface area contributed by atoms with Crippen LogP contribution in [-0.2, 0) is 20.6 Å². The Kier molecular flexibility index (Phi) is 7.69. The van der Waals surface area contributed by atoms with Gasteiger partial charge in [0.25, 0.3) is 0 Å². The molecule has 1 amide bonds. The Bertz CT molecular complexity index is 1040. The van der Waals surface area contributed by atoms with Crippen molar-refractivity contribution in [2.75, 3.05) is 32.6 Å². The van der Waals surface area contributed by atoms with Crippen LogP contribution in [0.15, 0.2) is 36.4 Å². The molecule has 3 rings (SSSR count). The first kappa shape index (κ1) is 23.7. The van der Waals surface area contributed by atoms with Crippen LogP contribution in [0.25, 0.3) is 0 Å². The Morgan fingerprint density at radius 2 is 1.87 bits per heavy atom. The average molecular weight is 487 g/mol. The van der Waals surface area contributed by atoms with Crippen LogP contribution < -0.4 is 14.8 Å². The van der Waals surface area contributed by atoms with Crippen LogP contribution in [0.2, 0.25) is 10.0 Å². The molecule has 2 aromatic carbocycles. The lowest BCUT2D eigenvalue weighted by atomic mass is 9.98. The van der Waals surface area contributed by atoms with Crippen molar-refractivity contribution >= 4 is 44.8 Å². The van der Waals surface area contributed by atoms with Crippen molar-refractivity contribution in [3.05, 3.63) is 52.0 Å². The molecule has 168 valence electrons. The van der Waals surface area contributed by atoms with Gasteiger partial charge in [-0.1, -0.05) is 29.3 Å². The van der Waals surface area contributed by atoms with Crippen molar-refractivity contribution in [1.82, 2.24) is 4.31 Å². The Labute approximate surface area is 192 Å². The summed E-state index contributed by atoms with van der Waals surface area (Å²) in [5.41, 5.74) is 0.858. The van der Waals surface area contributed by atoms with E-state index in [0.717, 1.165) is 0 Å². The summed E-state index contributed by atoms with van der Waals surface area (Å²) in [4.78, 5) is 12.9. The number of methoxy groups -OCH3 is 2. The Morgan fingerprint density at radius 1 is 1.16 bits per heavy atom. The highest BCUT2D eigenvalue weighted by molar-refractivity contribution is 7.88. The molecule has 0 bridgehead atoms. The fourth-order valence-electron chi connectivity index (χ4n) is 3.49. The number of amides is 1. The van der Waals surface area contributed by atoms with Crippen LogP contribution in [-0.4, -0.2) is 45.9 Å². The second-order valence-corrected chi connectivity index (χ2v) is 9.99. The zero-order valence-electron chi connectivity index (χ0n) is 17.2. The van der Waals surface area contributed by atoms with E-state index in [2.05, 4.69) is 5.32 Å². The van der Waals surface area contributed by atoms with Gasteiger partial charge in [0.2, 0.25) is 15.9 Å². The third-order valence-corrected chi connectivity index (χ3v) is 7.68. The number of nitrogens with zero attached hydrogens (tertiary/aromatic N) is 1. The average Bonchev–Trinajstić information content (AvgIpc) is 2.76. The number of hydrogen-bond acceptors (Lipinski definition) is 5. The quantitative estimate of drug-likeness (QED) is 0.633. The lowest BCUT2D eigenvalue weighted by Gasteiger charge is -2.31. The molecule has 1 heterocycles. The predicted molar refractivity (Wildman–Crippen MR) is 122 cm³/mol. The Morgan fingerprint density at radius 3 is 2.52 bits per heavy atom. The molecule has 7 nitrogen and oxygen atoms in total. The summed E-state index contributed by atoms with van der Waals surface area (Å²) in [6.45, 7) is 0.439. The van der Waals surface area contributed by atoms with Crippen LogP contribution in [0.1, 0.15) is 18.4 Å². The van der Waals surface area contributed by atoms with Gasteiger partial charge in [-0.25, -0.2) is 12.7 Å². The van der Waals surface area contributed by atoms with E-state index in [1.54, 1.807) is 43.5 Å². The van der Waals surface area contributed by atoms with Gasteiger partial charge in [-0.2, -0.15) is 0 Å². The number of hydrogen-bond donors (Lipinski definition) is 1. The standard InChI is InChI=1S/C21H24Cl2N2O5S/c1-29-15-8-9-19(20(11-15)30-2)24-21(26)14-5-4-10-25(12-14)31(27,28)13-16-17(22)6-3-7-18(16)23/h3,6-9,11,14H,4-5,10,12-13H2,1-2H3,(H,24,26). The van der Waals surface area contributed by atoms with E-state index in [-0.39, 0.29) is 18.2 Å². The summed E-state index contributed by atoms with van der Waals surface area (Å²) >= 11 is 12.3. The first-order valence-electron chi connectivity index (χ1n) is 9.68. The molecule has 0 aromatic heterocycles. The maximum Gasteiger partial charge on any atom is 0.228 e. The number of anilines is 1. The van der Waals surface area contributed by atoms with E-state index in [9.17, 15) is 13.2 Å². The Hall–Kier alpha value is -2.00. The fourth-order valence-corrected chi connectivity index (χ4v) is 5.85. The van der Waals surface area contributed by atoms with Crippen LogP contribution >= 0.6 is 23.2 Å². The second kappa shape index (κ2) is 10.1. The number of nitrogens with one attached hydrogen (secondary N) is 1. The predicted octanol–water partition coefficient (Wildman–Crippen LogP) is 4.19. The molecule has 1 unspecified atom stereocenters. The minimum absolute atomic E-state index is 0.0920. The van der Waals surface area contributed by atoms with Gasteiger partial charge in [0, 0.05) is 34.8 Å². The molecule has 31 heavy (non-hydrogen) atoms. The molecule has 1 N–H and O–H groups in total. The van der Waals surface area contributed by atoms with Crippen LogP contribution in [0.5, 0.6) is 11.5 Å². The summed E-state index contributed by atoms with van der Waals surface area (Å²) in [6.07, 6.45) is 1.16. The van der Waals surface area contributed by atoms with Crippen molar-refractivity contribution in [3.63, 3.8) is 0 Å². The number of ether oxygens (including phenoxy) is 2. The normalized spacial score (nSPS) is 17.2. The van der Waals surface area contributed by atoms with E-state index >= 15 is 0 Å². The summed E-state index contributed by atoms with van der Waals surface area (Å²) in [6, 6.07) is 9.94. The lowest BCUT2D eigenvalue weighted by molar-refractivity contribution is -0.120. The van der Waals surface area contributed by atoms with Crippen molar-refractivity contribution in [1.29, 1.82) is 0 Å². The zero-order valence-corrected chi connectivity index (χ0v) is 19.6. The lowest BCUT2D eigenvalue weighted by Crippen LogP contribution is -2.44. The van der Waals surface area contributed by atoms with E-state index in [1.807, 2.05) is 0 Å². The summed E-state index contributed by atoms with van der Waals surface area (Å²) in [5, 5.41) is 3.44. The molecule has 1 fully saturated rings. The summed E-state index contributed by atoms with van der Waals surface area (Å²) < 4.78 is 37.8. The third-order valence-electron chi connectivity index (χ3n) is 5.20. The number of halogens is 2. The van der Waals surface area contributed by atoms with Crippen molar-refractivity contribution in [2.45, 2.75) is 18.6 Å². The summed E-state index contributed by atoms with van der Waals surface area (Å²) in [5.74, 6) is -0.00727. The highest BCUT2D eigenvalue weighted by Crippen LogP contribution is 2.31. The maximum atomic E-state index is 13.0. The van der Waals surface area contributed by atoms with E-state index in [1.165, 1.54) is 11.4 Å². The van der Waals surface area contributed by atoms with Gasteiger partial charge in [-0.3, -0.25) is 4.79 Å². The topological polar surface area (TPSA) is 84.9 Å². The van der Waals surface area contributed by atoms with Crippen molar-refractivity contribution in [3.8, 4) is 11.5 Å². The van der Waals surface area contributed by atoms with Crippen molar-refractivity contribution < 1.29 is 22.7 Å². The first-order chi connectivity index (χ1) is 14.7. The minimum atomic E-state index is -3.70. The molecule has 1 aliphatic heterocycles. The molecule has 1 atom stereocenters. The molecule has 1 aliphatic rings. The Balaban J connectivity index is 1.72. The molecule has 0 saturated carbocycles. The minimum Gasteiger partial charge on any atom is -0.497 e. The number of rotatable bonds is 7. The van der Waals surface area contributed by atoms with Gasteiger partial charge in [0.1, 0.15) is 11.5 Å². The largest absolute Gasteiger partial charge is 0.497 e. The van der Waals surface area contributed by atoms with Gasteiger partial charge in [0.15, 0.2) is 0 Å². The molecule has 0 radical (unpaired) electrons. The number of carbonyl (C=O) groups excluding carboxylic acids is 1. The van der Waals surface area contributed by atoms with E-state index in [0.29, 0.717) is 52.2 Å². The molecule has 0 spiro atoms. The molecule has 10 heteroatoms. The van der Waals surface area contributed by atoms with Gasteiger partial charge in [0.05, 0.1) is 31.6 Å². The monoisotopic (exact) mass is 486 g/mol. The highest BCUT2D eigenvalue weighted by atomic mass is 35.5. The van der Waals surface area contributed by atoms with Crippen LogP contribution in [0, 0.1) is 5.92 Å². The molecule has 0 aliphatic carbocycles. The third kappa shape index (κ3) is 5.63. The fraction of sp³-hybridized carbons (Fsp3) is 0.381. The zero-order chi connectivity index (χ0) is 22.6. The van der Waals surface area contributed by atoms with Gasteiger partial charge < -0.3 is 14.8 Å². The highest BCUT2D eigenvalue weighted by Gasteiger charge is 2.33. The maximum absolute atomic E-state index is 13.0.